The molecule has 6 heteroatoms. The number of hydrogen-bond donors (Lipinski definition) is 1. The molecule has 0 aromatic carbocycles. The van der Waals surface area contributed by atoms with Gasteiger partial charge in [0.05, 0.1) is 19.7 Å². The van der Waals surface area contributed by atoms with Crippen LogP contribution in [0.3, 0.4) is 0 Å². The van der Waals surface area contributed by atoms with Crippen molar-refractivity contribution in [1.82, 2.24) is 10.2 Å². The van der Waals surface area contributed by atoms with Gasteiger partial charge in [0.2, 0.25) is 5.91 Å². The summed E-state index contributed by atoms with van der Waals surface area (Å²) in [6, 6.07) is -0.346. The summed E-state index contributed by atoms with van der Waals surface area (Å²) in [6.07, 6.45) is 1.65. The number of ether oxygens (including phenoxy) is 2. The maximum atomic E-state index is 11.9. The molecule has 0 aliphatic carbocycles. The number of nitrogens with zero attached hydrogens (tertiary/aromatic N) is 1. The molecule has 0 saturated carbocycles. The van der Waals surface area contributed by atoms with E-state index in [0.29, 0.717) is 19.7 Å². The lowest BCUT2D eigenvalue weighted by molar-refractivity contribution is -0.143. The predicted molar refractivity (Wildman–Crippen MR) is 72.8 cm³/mol. The molecule has 1 atom stereocenters. The zero-order chi connectivity index (χ0) is 14.7. The van der Waals surface area contributed by atoms with Gasteiger partial charge >= 0.3 is 5.97 Å². The second-order valence-electron chi connectivity index (χ2n) is 4.36. The monoisotopic (exact) mass is 274 g/mol. The van der Waals surface area contributed by atoms with Crippen molar-refractivity contribution in [2.24, 2.45) is 0 Å². The van der Waals surface area contributed by atoms with Crippen LogP contribution in [-0.4, -0.2) is 63.3 Å². The summed E-state index contributed by atoms with van der Waals surface area (Å²) in [4.78, 5) is 25.1. The first kappa shape index (κ1) is 17.9. The van der Waals surface area contributed by atoms with Crippen molar-refractivity contribution in [1.29, 1.82) is 0 Å². The number of carbonyl (C=O) groups excluding carboxylic acids is 2. The fourth-order valence-electron chi connectivity index (χ4n) is 1.67. The van der Waals surface area contributed by atoms with Gasteiger partial charge in [-0.3, -0.25) is 14.5 Å². The van der Waals surface area contributed by atoms with Crippen LogP contribution in [0.25, 0.3) is 0 Å². The first-order valence-electron chi connectivity index (χ1n) is 6.64. The van der Waals surface area contributed by atoms with Gasteiger partial charge in [0, 0.05) is 20.3 Å². The topological polar surface area (TPSA) is 67.9 Å². The highest BCUT2D eigenvalue weighted by Gasteiger charge is 2.22. The largest absolute Gasteiger partial charge is 0.468 e. The van der Waals surface area contributed by atoms with Crippen molar-refractivity contribution in [3.05, 3.63) is 0 Å². The maximum absolute atomic E-state index is 11.9. The molecule has 0 saturated heterocycles. The third-order valence-corrected chi connectivity index (χ3v) is 2.82. The molecule has 0 rings (SSSR count). The van der Waals surface area contributed by atoms with Crippen LogP contribution in [-0.2, 0) is 19.1 Å². The quantitative estimate of drug-likeness (QED) is 0.462. The van der Waals surface area contributed by atoms with Crippen LogP contribution in [0.5, 0.6) is 0 Å². The van der Waals surface area contributed by atoms with Crippen molar-refractivity contribution >= 4 is 11.9 Å². The van der Waals surface area contributed by atoms with E-state index in [2.05, 4.69) is 10.1 Å². The minimum Gasteiger partial charge on any atom is -0.468 e. The molecule has 0 heterocycles. The average molecular weight is 274 g/mol. The molecule has 6 nitrogen and oxygen atoms in total. The van der Waals surface area contributed by atoms with Gasteiger partial charge in [-0.05, 0) is 26.3 Å². The molecule has 0 radical (unpaired) electrons. The van der Waals surface area contributed by atoms with E-state index in [1.54, 1.807) is 14.0 Å². The lowest BCUT2D eigenvalue weighted by Gasteiger charge is -2.26. The van der Waals surface area contributed by atoms with Crippen LogP contribution in [0.1, 0.15) is 26.7 Å². The van der Waals surface area contributed by atoms with Crippen LogP contribution < -0.4 is 5.32 Å². The summed E-state index contributed by atoms with van der Waals surface area (Å²) < 4.78 is 9.56. The summed E-state index contributed by atoms with van der Waals surface area (Å²) in [5.74, 6) is -0.402. The summed E-state index contributed by atoms with van der Waals surface area (Å²) in [5, 5.41) is 2.83. The molecule has 1 amide bonds. The molecule has 0 aromatic rings. The Kier molecular flexibility index (Phi) is 10.1. The fourth-order valence-corrected chi connectivity index (χ4v) is 1.67. The van der Waals surface area contributed by atoms with Gasteiger partial charge in [-0.15, -0.1) is 0 Å². The lowest BCUT2D eigenvalue weighted by atomic mass is 10.2. The zero-order valence-corrected chi connectivity index (χ0v) is 12.4. The normalized spacial score (nSPS) is 12.3. The number of methoxy groups -OCH3 is 2. The Balaban J connectivity index is 4.23. The second kappa shape index (κ2) is 10.8. The number of hydrogen-bond acceptors (Lipinski definition) is 5. The van der Waals surface area contributed by atoms with Gasteiger partial charge in [-0.25, -0.2) is 0 Å². The fraction of sp³-hybridized carbons (Fsp3) is 0.846. The number of rotatable bonds is 10. The van der Waals surface area contributed by atoms with E-state index in [9.17, 15) is 9.59 Å². The third kappa shape index (κ3) is 7.79. The summed E-state index contributed by atoms with van der Waals surface area (Å²) in [6.45, 7) is 5.82. The lowest BCUT2D eigenvalue weighted by Crippen LogP contribution is -2.47. The Hall–Kier alpha value is -1.14. The smallest absolute Gasteiger partial charge is 0.319 e. The number of esters is 1. The third-order valence-electron chi connectivity index (χ3n) is 2.82. The van der Waals surface area contributed by atoms with Crippen molar-refractivity contribution in [2.45, 2.75) is 32.7 Å². The highest BCUT2D eigenvalue weighted by atomic mass is 16.5. The Morgan fingerprint density at radius 1 is 1.32 bits per heavy atom. The molecular weight excluding hydrogens is 248 g/mol. The number of nitrogens with one attached hydrogen (secondary N) is 1. The molecule has 112 valence electrons. The van der Waals surface area contributed by atoms with Gasteiger partial charge in [0.15, 0.2) is 0 Å². The number of amides is 1. The minimum absolute atomic E-state index is 0.0755. The molecule has 0 aromatic heterocycles. The first-order chi connectivity index (χ1) is 9.06. The van der Waals surface area contributed by atoms with Crippen molar-refractivity contribution in [3.63, 3.8) is 0 Å². The van der Waals surface area contributed by atoms with Crippen molar-refractivity contribution in [3.8, 4) is 0 Å². The van der Waals surface area contributed by atoms with Gasteiger partial charge in [0.25, 0.3) is 0 Å². The molecular formula is C13H26N2O4. The highest BCUT2D eigenvalue weighted by molar-refractivity contribution is 5.82. The molecule has 0 spiro atoms. The highest BCUT2D eigenvalue weighted by Crippen LogP contribution is 2.01. The predicted octanol–water partition coefficient (Wildman–Crippen LogP) is 0.413. The van der Waals surface area contributed by atoms with Crippen LogP contribution in [0.2, 0.25) is 0 Å². The summed E-state index contributed by atoms with van der Waals surface area (Å²) in [5.41, 5.74) is 0. The molecule has 0 bridgehead atoms. The number of carbonyl (C=O) groups is 2. The maximum Gasteiger partial charge on any atom is 0.319 e. The van der Waals surface area contributed by atoms with E-state index in [1.165, 1.54) is 7.11 Å². The van der Waals surface area contributed by atoms with Gasteiger partial charge in [0.1, 0.15) is 0 Å². The van der Waals surface area contributed by atoms with E-state index in [0.717, 1.165) is 12.8 Å². The van der Waals surface area contributed by atoms with E-state index in [4.69, 9.17) is 4.74 Å². The van der Waals surface area contributed by atoms with E-state index in [-0.39, 0.29) is 24.5 Å². The Morgan fingerprint density at radius 3 is 2.53 bits per heavy atom. The Bertz CT molecular complexity index is 271. The molecule has 1 N–H and O–H groups in total. The van der Waals surface area contributed by atoms with E-state index >= 15 is 0 Å². The van der Waals surface area contributed by atoms with E-state index < -0.39 is 0 Å². The van der Waals surface area contributed by atoms with Crippen LogP contribution in [0.4, 0.5) is 0 Å². The minimum atomic E-state index is -0.346. The zero-order valence-electron chi connectivity index (χ0n) is 12.4. The Labute approximate surface area is 115 Å². The van der Waals surface area contributed by atoms with Crippen molar-refractivity contribution < 1.29 is 19.1 Å². The van der Waals surface area contributed by atoms with Crippen molar-refractivity contribution in [2.75, 3.05) is 40.5 Å². The average Bonchev–Trinajstić information content (AvgIpc) is 2.41. The molecule has 0 aliphatic heterocycles. The molecule has 1 unspecified atom stereocenters. The second-order valence-corrected chi connectivity index (χ2v) is 4.36. The summed E-state index contributed by atoms with van der Waals surface area (Å²) >= 11 is 0. The van der Waals surface area contributed by atoms with Gasteiger partial charge in [-0.2, -0.15) is 0 Å². The SMILES string of the molecule is CCCN(CC(=O)OC)C(C)C(=O)NCCCOC. The Morgan fingerprint density at radius 2 is 2.00 bits per heavy atom. The van der Waals surface area contributed by atoms with Crippen LogP contribution in [0.15, 0.2) is 0 Å². The summed E-state index contributed by atoms with van der Waals surface area (Å²) in [7, 11) is 2.98. The molecule has 19 heavy (non-hydrogen) atoms. The van der Waals surface area contributed by atoms with Gasteiger partial charge in [-0.1, -0.05) is 6.92 Å². The molecule has 0 aliphatic rings. The van der Waals surface area contributed by atoms with Crippen LogP contribution >= 0.6 is 0 Å². The molecule has 0 fully saturated rings. The van der Waals surface area contributed by atoms with Crippen LogP contribution in [0, 0.1) is 0 Å². The standard InChI is InChI=1S/C13H26N2O4/c1-5-8-15(10-12(16)19-4)11(2)13(17)14-7-6-9-18-3/h11H,5-10H2,1-4H3,(H,14,17). The van der Waals surface area contributed by atoms with Gasteiger partial charge < -0.3 is 14.8 Å². The first-order valence-corrected chi connectivity index (χ1v) is 6.64. The van der Waals surface area contributed by atoms with E-state index in [1.807, 2.05) is 11.8 Å².